The lowest BCUT2D eigenvalue weighted by atomic mass is 10.0. The van der Waals surface area contributed by atoms with Gasteiger partial charge in [-0.1, -0.05) is 18.5 Å². The molecule has 0 saturated heterocycles. The molecule has 0 radical (unpaired) electrons. The van der Waals surface area contributed by atoms with Crippen molar-refractivity contribution in [3.05, 3.63) is 29.3 Å². The van der Waals surface area contributed by atoms with E-state index < -0.39 is 0 Å². The molecule has 0 saturated carbocycles. The van der Waals surface area contributed by atoms with E-state index in [1.165, 1.54) is 0 Å². The van der Waals surface area contributed by atoms with Crippen LogP contribution in [0.5, 0.6) is 5.75 Å². The predicted octanol–water partition coefficient (Wildman–Crippen LogP) is 3.11. The molecule has 0 fully saturated rings. The molecular formula is C12H18ClNO. The van der Waals surface area contributed by atoms with Crippen LogP contribution in [0.1, 0.15) is 20.3 Å². The van der Waals surface area contributed by atoms with Crippen LogP contribution in [-0.4, -0.2) is 19.2 Å². The van der Waals surface area contributed by atoms with Crippen LogP contribution in [0.4, 0.5) is 0 Å². The molecule has 0 aromatic heterocycles. The number of hydrogen-bond acceptors (Lipinski definition) is 2. The summed E-state index contributed by atoms with van der Waals surface area (Å²) in [6.45, 7) is 5.04. The van der Waals surface area contributed by atoms with Crippen LogP contribution < -0.4 is 10.1 Å². The molecule has 1 aromatic carbocycles. The van der Waals surface area contributed by atoms with Crippen molar-refractivity contribution in [2.24, 2.45) is 0 Å². The molecular weight excluding hydrogens is 210 g/mol. The van der Waals surface area contributed by atoms with E-state index in [1.54, 1.807) is 0 Å². The van der Waals surface area contributed by atoms with Crippen molar-refractivity contribution in [3.8, 4) is 5.75 Å². The summed E-state index contributed by atoms with van der Waals surface area (Å²) in [6, 6.07) is 7.47. The van der Waals surface area contributed by atoms with Gasteiger partial charge in [-0.15, -0.1) is 0 Å². The molecule has 84 valence electrons. The van der Waals surface area contributed by atoms with Gasteiger partial charge in [0.2, 0.25) is 0 Å². The van der Waals surface area contributed by atoms with Gasteiger partial charge in [-0.3, -0.25) is 0 Å². The average molecular weight is 228 g/mol. The monoisotopic (exact) mass is 227 g/mol. The molecule has 0 aliphatic rings. The summed E-state index contributed by atoms with van der Waals surface area (Å²) in [7, 11) is 1.93. The van der Waals surface area contributed by atoms with Crippen LogP contribution in [0.15, 0.2) is 24.3 Å². The highest BCUT2D eigenvalue weighted by Gasteiger charge is 2.22. The molecule has 15 heavy (non-hydrogen) atoms. The Morgan fingerprint density at radius 2 is 1.93 bits per heavy atom. The smallest absolute Gasteiger partial charge is 0.120 e. The zero-order valence-electron chi connectivity index (χ0n) is 9.51. The number of benzene rings is 1. The summed E-state index contributed by atoms with van der Waals surface area (Å²) in [6.07, 6.45) is 0.955. The summed E-state index contributed by atoms with van der Waals surface area (Å²) in [5, 5.41) is 3.87. The molecule has 1 unspecified atom stereocenters. The first-order chi connectivity index (χ1) is 7.09. The second kappa shape index (κ2) is 5.38. The number of likely N-dealkylation sites (N-methyl/N-ethyl adjacent to an activating group) is 1. The van der Waals surface area contributed by atoms with Gasteiger partial charge in [0.25, 0.3) is 0 Å². The van der Waals surface area contributed by atoms with Crippen LogP contribution >= 0.6 is 11.6 Å². The summed E-state index contributed by atoms with van der Waals surface area (Å²) in [5.74, 6) is 0.860. The van der Waals surface area contributed by atoms with Gasteiger partial charge < -0.3 is 10.1 Å². The molecule has 0 heterocycles. The number of rotatable bonds is 5. The van der Waals surface area contributed by atoms with Gasteiger partial charge in [-0.05, 0) is 44.7 Å². The molecule has 0 aliphatic heterocycles. The minimum Gasteiger partial charge on any atom is -0.486 e. The number of hydrogen-bond donors (Lipinski definition) is 1. The molecule has 0 aliphatic carbocycles. The Bertz CT molecular complexity index is 299. The normalized spacial score (nSPS) is 14.7. The largest absolute Gasteiger partial charge is 0.486 e. The minimum absolute atomic E-state index is 0.164. The molecule has 0 spiro atoms. The lowest BCUT2D eigenvalue weighted by Crippen LogP contribution is -2.41. The Hall–Kier alpha value is -0.730. The van der Waals surface area contributed by atoms with Crippen molar-refractivity contribution >= 4 is 11.6 Å². The number of nitrogens with one attached hydrogen (secondary N) is 1. The first-order valence-electron chi connectivity index (χ1n) is 5.19. The van der Waals surface area contributed by atoms with Crippen molar-refractivity contribution in [3.63, 3.8) is 0 Å². The SMILES string of the molecule is CCC(C)(CNC)Oc1ccc(Cl)cc1. The first-order valence-corrected chi connectivity index (χ1v) is 5.56. The Labute approximate surface area is 96.6 Å². The third-order valence-electron chi connectivity index (χ3n) is 2.48. The molecule has 0 bridgehead atoms. The van der Waals surface area contributed by atoms with Crippen LogP contribution in [0.3, 0.4) is 0 Å². The summed E-state index contributed by atoms with van der Waals surface area (Å²) < 4.78 is 5.93. The molecule has 0 amide bonds. The fourth-order valence-electron chi connectivity index (χ4n) is 1.39. The molecule has 1 atom stereocenters. The van der Waals surface area contributed by atoms with Crippen molar-refractivity contribution in [1.29, 1.82) is 0 Å². The van der Waals surface area contributed by atoms with Crippen molar-refractivity contribution < 1.29 is 4.74 Å². The van der Waals surface area contributed by atoms with E-state index in [9.17, 15) is 0 Å². The maximum Gasteiger partial charge on any atom is 0.120 e. The van der Waals surface area contributed by atoms with Crippen molar-refractivity contribution in [2.45, 2.75) is 25.9 Å². The molecule has 3 heteroatoms. The van der Waals surface area contributed by atoms with Crippen LogP contribution in [-0.2, 0) is 0 Å². The van der Waals surface area contributed by atoms with Gasteiger partial charge in [0, 0.05) is 11.6 Å². The van der Waals surface area contributed by atoms with E-state index in [1.807, 2.05) is 31.3 Å². The van der Waals surface area contributed by atoms with Crippen LogP contribution in [0.2, 0.25) is 5.02 Å². The Balaban J connectivity index is 2.70. The van der Waals surface area contributed by atoms with Gasteiger partial charge in [0.15, 0.2) is 0 Å². The lowest BCUT2D eigenvalue weighted by molar-refractivity contribution is 0.0858. The standard InChI is InChI=1S/C12H18ClNO/c1-4-12(2,9-14-3)15-11-7-5-10(13)6-8-11/h5-8,14H,4,9H2,1-3H3. The maximum absolute atomic E-state index is 5.93. The highest BCUT2D eigenvalue weighted by atomic mass is 35.5. The highest BCUT2D eigenvalue weighted by Crippen LogP contribution is 2.22. The summed E-state index contributed by atoms with van der Waals surface area (Å²) in [4.78, 5) is 0. The number of ether oxygens (including phenoxy) is 1. The fourth-order valence-corrected chi connectivity index (χ4v) is 1.52. The third-order valence-corrected chi connectivity index (χ3v) is 2.73. The first kappa shape index (κ1) is 12.3. The average Bonchev–Trinajstić information content (AvgIpc) is 2.22. The van der Waals surface area contributed by atoms with Gasteiger partial charge >= 0.3 is 0 Å². The molecule has 2 nitrogen and oxygen atoms in total. The minimum atomic E-state index is -0.164. The van der Waals surface area contributed by atoms with Gasteiger partial charge in [-0.2, -0.15) is 0 Å². The van der Waals surface area contributed by atoms with E-state index >= 15 is 0 Å². The Morgan fingerprint density at radius 1 is 1.33 bits per heavy atom. The molecule has 1 rings (SSSR count). The highest BCUT2D eigenvalue weighted by molar-refractivity contribution is 6.30. The topological polar surface area (TPSA) is 21.3 Å². The second-order valence-electron chi connectivity index (χ2n) is 3.89. The maximum atomic E-state index is 5.93. The van der Waals surface area contributed by atoms with Gasteiger partial charge in [0.1, 0.15) is 11.4 Å². The lowest BCUT2D eigenvalue weighted by Gasteiger charge is -2.29. The summed E-state index contributed by atoms with van der Waals surface area (Å²) in [5.41, 5.74) is -0.164. The van der Waals surface area contributed by atoms with Crippen molar-refractivity contribution in [1.82, 2.24) is 5.32 Å². The van der Waals surface area contributed by atoms with Crippen LogP contribution in [0.25, 0.3) is 0 Å². The zero-order chi connectivity index (χ0) is 11.3. The zero-order valence-corrected chi connectivity index (χ0v) is 10.3. The van der Waals surface area contributed by atoms with E-state index in [0.717, 1.165) is 23.7 Å². The van der Waals surface area contributed by atoms with E-state index in [-0.39, 0.29) is 5.60 Å². The van der Waals surface area contributed by atoms with Crippen molar-refractivity contribution in [2.75, 3.05) is 13.6 Å². The fraction of sp³-hybridized carbons (Fsp3) is 0.500. The molecule has 1 N–H and O–H groups in total. The summed E-state index contributed by atoms with van der Waals surface area (Å²) >= 11 is 5.81. The van der Waals surface area contributed by atoms with E-state index in [2.05, 4.69) is 19.2 Å². The Morgan fingerprint density at radius 3 is 2.40 bits per heavy atom. The van der Waals surface area contributed by atoms with Gasteiger partial charge in [-0.25, -0.2) is 0 Å². The van der Waals surface area contributed by atoms with E-state index in [4.69, 9.17) is 16.3 Å². The molecule has 1 aromatic rings. The third kappa shape index (κ3) is 3.73. The van der Waals surface area contributed by atoms with Gasteiger partial charge in [0.05, 0.1) is 0 Å². The van der Waals surface area contributed by atoms with E-state index in [0.29, 0.717) is 0 Å². The predicted molar refractivity (Wildman–Crippen MR) is 64.7 cm³/mol. The Kier molecular flexibility index (Phi) is 4.43. The van der Waals surface area contributed by atoms with Crippen LogP contribution in [0, 0.1) is 0 Å². The number of halogens is 1. The quantitative estimate of drug-likeness (QED) is 0.835. The second-order valence-corrected chi connectivity index (χ2v) is 4.33.